The molecule has 0 amide bonds. The Hall–Kier alpha value is -1.17. The van der Waals surface area contributed by atoms with Crippen LogP contribution in [0, 0.1) is 53.3 Å². The highest BCUT2D eigenvalue weighted by molar-refractivity contribution is 7.86. The SMILES string of the molecule is COCC12CCC(OS(=O)(=O)c3ccc(C)cc3)CC1=CCC1C2CCC2(C)C(C(C)CCCC(C)C)CCC12. The summed E-state index contributed by atoms with van der Waals surface area (Å²) in [6.07, 6.45) is 15.3. The first-order chi connectivity index (χ1) is 19.0. The van der Waals surface area contributed by atoms with Gasteiger partial charge in [-0.2, -0.15) is 8.42 Å². The van der Waals surface area contributed by atoms with E-state index in [2.05, 4.69) is 33.8 Å². The van der Waals surface area contributed by atoms with Gasteiger partial charge in [0.05, 0.1) is 17.6 Å². The number of hydrogen-bond acceptors (Lipinski definition) is 4. The van der Waals surface area contributed by atoms with Crippen molar-refractivity contribution in [1.29, 1.82) is 0 Å². The lowest BCUT2D eigenvalue weighted by Gasteiger charge is -2.59. The van der Waals surface area contributed by atoms with Crippen LogP contribution in [0.4, 0.5) is 0 Å². The molecule has 8 atom stereocenters. The van der Waals surface area contributed by atoms with Crippen molar-refractivity contribution in [3.05, 3.63) is 41.5 Å². The van der Waals surface area contributed by atoms with E-state index in [1.54, 1.807) is 12.1 Å². The Balaban J connectivity index is 1.32. The number of allylic oxidation sites excluding steroid dienone is 1. The number of rotatable bonds is 10. The third kappa shape index (κ3) is 5.61. The maximum absolute atomic E-state index is 13.1. The van der Waals surface area contributed by atoms with Gasteiger partial charge < -0.3 is 4.74 Å². The summed E-state index contributed by atoms with van der Waals surface area (Å²) in [5.41, 5.74) is 2.94. The van der Waals surface area contributed by atoms with Crippen LogP contribution in [0.2, 0.25) is 0 Å². The van der Waals surface area contributed by atoms with Crippen molar-refractivity contribution in [2.75, 3.05) is 13.7 Å². The second-order valence-electron chi connectivity index (χ2n) is 14.7. The molecule has 0 bridgehead atoms. The topological polar surface area (TPSA) is 52.6 Å². The van der Waals surface area contributed by atoms with Gasteiger partial charge in [-0.15, -0.1) is 0 Å². The summed E-state index contributed by atoms with van der Waals surface area (Å²) in [4.78, 5) is 0.255. The van der Waals surface area contributed by atoms with Gasteiger partial charge in [-0.1, -0.05) is 76.3 Å². The van der Waals surface area contributed by atoms with E-state index in [1.165, 1.54) is 50.5 Å². The van der Waals surface area contributed by atoms with E-state index >= 15 is 0 Å². The summed E-state index contributed by atoms with van der Waals surface area (Å²) in [6.45, 7) is 12.6. The van der Waals surface area contributed by atoms with Crippen LogP contribution in [0.3, 0.4) is 0 Å². The van der Waals surface area contributed by atoms with Crippen LogP contribution in [0.25, 0.3) is 0 Å². The molecule has 3 fully saturated rings. The highest BCUT2D eigenvalue weighted by atomic mass is 32.2. The summed E-state index contributed by atoms with van der Waals surface area (Å²) < 4.78 is 38.0. The second kappa shape index (κ2) is 11.8. The molecule has 0 heterocycles. The van der Waals surface area contributed by atoms with Crippen molar-refractivity contribution in [2.24, 2.45) is 46.3 Å². The van der Waals surface area contributed by atoms with Crippen LogP contribution in [-0.4, -0.2) is 28.2 Å². The van der Waals surface area contributed by atoms with Crippen molar-refractivity contribution < 1.29 is 17.3 Å². The zero-order valence-electron chi connectivity index (χ0n) is 26.0. The molecule has 5 heteroatoms. The lowest BCUT2D eigenvalue weighted by Crippen LogP contribution is -2.53. The highest BCUT2D eigenvalue weighted by Gasteiger charge is 2.60. The number of benzene rings is 1. The average molecular weight is 571 g/mol. The molecule has 0 spiro atoms. The van der Waals surface area contributed by atoms with Gasteiger partial charge in [0.15, 0.2) is 0 Å². The molecule has 1 aromatic carbocycles. The van der Waals surface area contributed by atoms with E-state index in [1.807, 2.05) is 26.2 Å². The predicted molar refractivity (Wildman–Crippen MR) is 162 cm³/mol. The Morgan fingerprint density at radius 2 is 1.73 bits per heavy atom. The molecule has 0 saturated heterocycles. The summed E-state index contributed by atoms with van der Waals surface area (Å²) in [5.74, 6) is 4.63. The van der Waals surface area contributed by atoms with Crippen molar-refractivity contribution in [1.82, 2.24) is 0 Å². The first-order valence-electron chi connectivity index (χ1n) is 16.2. The third-order valence-corrected chi connectivity index (χ3v) is 13.3. The lowest BCUT2D eigenvalue weighted by atomic mass is 9.46. The molecule has 4 nitrogen and oxygen atoms in total. The molecule has 4 aliphatic rings. The fourth-order valence-electron chi connectivity index (χ4n) is 10.00. The molecule has 8 unspecified atom stereocenters. The maximum atomic E-state index is 13.1. The largest absolute Gasteiger partial charge is 0.384 e. The number of aryl methyl sites for hydroxylation is 1. The maximum Gasteiger partial charge on any atom is 0.297 e. The molecule has 5 rings (SSSR count). The van der Waals surface area contributed by atoms with E-state index in [4.69, 9.17) is 8.92 Å². The van der Waals surface area contributed by atoms with Crippen LogP contribution < -0.4 is 0 Å². The van der Waals surface area contributed by atoms with Gasteiger partial charge in [-0.25, -0.2) is 0 Å². The Labute approximate surface area is 244 Å². The summed E-state index contributed by atoms with van der Waals surface area (Å²) in [6, 6.07) is 6.99. The fraction of sp³-hybridized carbons (Fsp3) is 0.771. The van der Waals surface area contributed by atoms with Gasteiger partial charge in [0.2, 0.25) is 0 Å². The molecule has 3 saturated carbocycles. The molecular formula is C35H54O4S. The number of methoxy groups -OCH3 is 1. The van der Waals surface area contributed by atoms with E-state index in [0.29, 0.717) is 17.8 Å². The van der Waals surface area contributed by atoms with Crippen molar-refractivity contribution in [3.63, 3.8) is 0 Å². The van der Waals surface area contributed by atoms with Crippen LogP contribution >= 0.6 is 0 Å². The smallest absolute Gasteiger partial charge is 0.297 e. The van der Waals surface area contributed by atoms with Gasteiger partial charge in [0.1, 0.15) is 0 Å². The summed E-state index contributed by atoms with van der Waals surface area (Å²) in [7, 11) is -1.93. The first kappa shape index (κ1) is 30.3. The fourth-order valence-corrected chi connectivity index (χ4v) is 11.1. The zero-order chi connectivity index (χ0) is 28.7. The molecule has 0 aromatic heterocycles. The Bertz CT molecular complexity index is 1150. The Kier molecular flexibility index (Phi) is 8.97. The molecule has 0 radical (unpaired) electrons. The van der Waals surface area contributed by atoms with Gasteiger partial charge in [-0.05, 0) is 111 Å². The lowest BCUT2D eigenvalue weighted by molar-refractivity contribution is -0.0836. The van der Waals surface area contributed by atoms with Crippen molar-refractivity contribution in [2.45, 2.75) is 116 Å². The minimum atomic E-state index is -3.77. The van der Waals surface area contributed by atoms with E-state index in [-0.39, 0.29) is 16.4 Å². The standard InChI is InChI=1S/C35H54O4S/c1-24(2)8-7-9-26(4)31-16-17-32-30-15-12-27-22-28(39-40(36,37)29-13-10-25(3)11-14-29)18-21-35(27,23-38-6)33(30)19-20-34(31,32)5/h10-14,24,26,28,30-33H,7-9,15-23H2,1-6H3. The molecule has 40 heavy (non-hydrogen) atoms. The number of fused-ring (bicyclic) bond motifs is 5. The summed E-state index contributed by atoms with van der Waals surface area (Å²) >= 11 is 0. The highest BCUT2D eigenvalue weighted by Crippen LogP contribution is 2.67. The minimum absolute atomic E-state index is 0.0352. The average Bonchev–Trinajstić information content (AvgIpc) is 3.26. The third-order valence-electron chi connectivity index (χ3n) is 12.0. The van der Waals surface area contributed by atoms with Gasteiger partial charge in [0, 0.05) is 12.5 Å². The molecule has 0 aliphatic heterocycles. The zero-order valence-corrected chi connectivity index (χ0v) is 26.8. The molecular weight excluding hydrogens is 516 g/mol. The van der Waals surface area contributed by atoms with Gasteiger partial charge in [0.25, 0.3) is 10.1 Å². The Morgan fingerprint density at radius 3 is 2.42 bits per heavy atom. The van der Waals surface area contributed by atoms with Gasteiger partial charge >= 0.3 is 0 Å². The number of ether oxygens (including phenoxy) is 1. The van der Waals surface area contributed by atoms with Gasteiger partial charge in [-0.3, -0.25) is 4.18 Å². The first-order valence-corrected chi connectivity index (χ1v) is 17.6. The predicted octanol–water partition coefficient (Wildman–Crippen LogP) is 8.74. The number of hydrogen-bond donors (Lipinski definition) is 0. The van der Waals surface area contributed by atoms with E-state index < -0.39 is 10.1 Å². The van der Waals surface area contributed by atoms with E-state index in [0.717, 1.165) is 61.0 Å². The van der Waals surface area contributed by atoms with E-state index in [9.17, 15) is 8.42 Å². The summed E-state index contributed by atoms with van der Waals surface area (Å²) in [5, 5.41) is 0. The minimum Gasteiger partial charge on any atom is -0.384 e. The van der Waals surface area contributed by atoms with Crippen molar-refractivity contribution in [3.8, 4) is 0 Å². The Morgan fingerprint density at radius 1 is 0.975 bits per heavy atom. The molecule has 4 aliphatic carbocycles. The van der Waals surface area contributed by atoms with Crippen LogP contribution in [-0.2, 0) is 19.0 Å². The van der Waals surface area contributed by atoms with Crippen LogP contribution in [0.5, 0.6) is 0 Å². The molecule has 224 valence electrons. The quantitative estimate of drug-likeness (QED) is 0.208. The molecule has 0 N–H and O–H groups in total. The second-order valence-corrected chi connectivity index (χ2v) is 16.3. The normalized spacial score (nSPS) is 36.5. The van der Waals surface area contributed by atoms with Crippen LogP contribution in [0.15, 0.2) is 40.8 Å². The van der Waals surface area contributed by atoms with Crippen LogP contribution in [0.1, 0.15) is 104 Å². The molecule has 1 aromatic rings. The van der Waals surface area contributed by atoms with Crippen molar-refractivity contribution >= 4 is 10.1 Å². The monoisotopic (exact) mass is 570 g/mol.